The molecule has 0 saturated heterocycles. The Morgan fingerprint density at radius 3 is 1.34 bits per heavy atom. The average molecular weight is 792 g/mol. The van der Waals surface area contributed by atoms with Gasteiger partial charge in [0.15, 0.2) is 0 Å². The Kier molecular flexibility index (Phi) is 43.6. The smallest absolute Gasteiger partial charge is 0.306 e. The number of esters is 1. The molecule has 1 amide bonds. The molecule has 3 unspecified atom stereocenters. The van der Waals surface area contributed by atoms with Gasteiger partial charge < -0.3 is 20.3 Å². The lowest BCUT2D eigenvalue weighted by molar-refractivity contribution is -0.151. The van der Waals surface area contributed by atoms with Crippen molar-refractivity contribution >= 4 is 11.9 Å². The summed E-state index contributed by atoms with van der Waals surface area (Å²) in [6.07, 6.45) is 48.4. The first-order valence-electron chi connectivity index (χ1n) is 24.9. The van der Waals surface area contributed by atoms with Gasteiger partial charge in [-0.1, -0.05) is 226 Å². The Morgan fingerprint density at radius 2 is 0.893 bits per heavy atom. The Hall–Kier alpha value is -1.40. The van der Waals surface area contributed by atoms with E-state index in [9.17, 15) is 19.8 Å². The third-order valence-corrected chi connectivity index (χ3v) is 11.6. The van der Waals surface area contributed by atoms with E-state index in [4.69, 9.17) is 4.74 Å². The van der Waals surface area contributed by atoms with Crippen LogP contribution in [0.2, 0.25) is 0 Å². The van der Waals surface area contributed by atoms with Crippen LogP contribution in [0.5, 0.6) is 0 Å². The van der Waals surface area contributed by atoms with Crippen LogP contribution in [-0.4, -0.2) is 46.9 Å². The third-order valence-electron chi connectivity index (χ3n) is 11.6. The van der Waals surface area contributed by atoms with Gasteiger partial charge in [0.1, 0.15) is 6.10 Å². The molecule has 6 nitrogen and oxygen atoms in total. The van der Waals surface area contributed by atoms with Crippen LogP contribution in [0.4, 0.5) is 0 Å². The largest absolute Gasteiger partial charge is 0.462 e. The molecule has 56 heavy (non-hydrogen) atoms. The molecule has 0 aliphatic heterocycles. The molecule has 0 rings (SSSR count). The fourth-order valence-electron chi connectivity index (χ4n) is 7.79. The summed E-state index contributed by atoms with van der Waals surface area (Å²) in [5.74, 6) is -0.471. The van der Waals surface area contributed by atoms with Crippen LogP contribution in [0.25, 0.3) is 0 Å². The third kappa shape index (κ3) is 39.4. The first-order valence-corrected chi connectivity index (χ1v) is 24.9. The Labute approximate surface area is 349 Å². The Morgan fingerprint density at radius 1 is 0.500 bits per heavy atom. The second-order valence-corrected chi connectivity index (χ2v) is 17.2. The van der Waals surface area contributed by atoms with Crippen LogP contribution < -0.4 is 5.32 Å². The summed E-state index contributed by atoms with van der Waals surface area (Å²) in [6, 6.07) is -0.695. The van der Waals surface area contributed by atoms with Crippen molar-refractivity contribution in [1.82, 2.24) is 5.32 Å². The van der Waals surface area contributed by atoms with Crippen molar-refractivity contribution in [2.45, 2.75) is 289 Å². The van der Waals surface area contributed by atoms with Crippen molar-refractivity contribution in [2.75, 3.05) is 6.61 Å². The second kappa shape index (κ2) is 44.7. The second-order valence-electron chi connectivity index (χ2n) is 17.2. The minimum atomic E-state index is -0.782. The van der Waals surface area contributed by atoms with Crippen molar-refractivity contribution in [3.63, 3.8) is 0 Å². The molecule has 0 aliphatic rings. The summed E-state index contributed by atoms with van der Waals surface area (Å²) in [5.41, 5.74) is 0. The van der Waals surface area contributed by atoms with E-state index in [2.05, 4.69) is 38.2 Å². The molecule has 0 aromatic carbocycles. The number of hydrogen-bond donors (Lipinski definition) is 3. The highest BCUT2D eigenvalue weighted by Crippen LogP contribution is 2.18. The Bertz CT molecular complexity index is 847. The molecule has 0 radical (unpaired) electrons. The number of hydrogen-bond acceptors (Lipinski definition) is 5. The van der Waals surface area contributed by atoms with Crippen LogP contribution in [0, 0.1) is 0 Å². The van der Waals surface area contributed by atoms with Crippen molar-refractivity contribution in [1.29, 1.82) is 0 Å². The highest BCUT2D eigenvalue weighted by Gasteiger charge is 2.24. The Balaban J connectivity index is 4.52. The topological polar surface area (TPSA) is 95.9 Å². The van der Waals surface area contributed by atoms with Crippen LogP contribution in [-0.2, 0) is 14.3 Å². The molecule has 0 spiro atoms. The molecular weight excluding hydrogens is 695 g/mol. The van der Waals surface area contributed by atoms with Crippen molar-refractivity contribution in [2.24, 2.45) is 0 Å². The SMILES string of the molecule is CCC/C=C\CCCCCCCC(=O)OC(CCCCCCCCCCCCCCCC)CC(=O)NC(CO)C(O)CCCCCCCCCCCCCCC. The predicted octanol–water partition coefficient (Wildman–Crippen LogP) is 14.6. The van der Waals surface area contributed by atoms with Gasteiger partial charge in [-0.15, -0.1) is 0 Å². The average Bonchev–Trinajstić information content (AvgIpc) is 3.19. The van der Waals surface area contributed by atoms with Gasteiger partial charge in [0.25, 0.3) is 0 Å². The number of allylic oxidation sites excluding steroid dienone is 2. The first-order chi connectivity index (χ1) is 27.5. The van der Waals surface area contributed by atoms with E-state index in [1.54, 1.807) is 0 Å². The van der Waals surface area contributed by atoms with Gasteiger partial charge in [-0.2, -0.15) is 0 Å². The van der Waals surface area contributed by atoms with Gasteiger partial charge in [-0.3, -0.25) is 9.59 Å². The monoisotopic (exact) mass is 792 g/mol. The van der Waals surface area contributed by atoms with Gasteiger partial charge in [-0.05, 0) is 44.9 Å². The number of aliphatic hydroxyl groups is 2. The maximum Gasteiger partial charge on any atom is 0.306 e. The number of amides is 1. The standard InChI is InChI=1S/C50H97NO5/c1-4-7-10-13-16-19-22-24-26-27-29-32-35-38-41-46(56-50(55)43-40-37-34-31-21-18-15-12-9-6-3)44-49(54)51-47(45-52)48(53)42-39-36-33-30-28-25-23-20-17-14-11-8-5-2/h12,15,46-48,52-53H,4-11,13-14,16-45H2,1-3H3,(H,51,54)/b15-12-. The minimum Gasteiger partial charge on any atom is -0.462 e. The van der Waals surface area contributed by atoms with E-state index >= 15 is 0 Å². The fraction of sp³-hybridized carbons (Fsp3) is 0.920. The summed E-state index contributed by atoms with van der Waals surface area (Å²) in [6.45, 7) is 6.44. The van der Waals surface area contributed by atoms with E-state index in [0.29, 0.717) is 19.3 Å². The number of ether oxygens (including phenoxy) is 1. The lowest BCUT2D eigenvalue weighted by Gasteiger charge is -2.24. The first kappa shape index (κ1) is 54.6. The maximum absolute atomic E-state index is 13.2. The molecular formula is C50H97NO5. The molecule has 6 heteroatoms. The summed E-state index contributed by atoms with van der Waals surface area (Å²) >= 11 is 0. The lowest BCUT2D eigenvalue weighted by Crippen LogP contribution is -2.46. The highest BCUT2D eigenvalue weighted by molar-refractivity contribution is 5.77. The molecule has 0 aromatic heterocycles. The van der Waals surface area contributed by atoms with Crippen LogP contribution in [0.15, 0.2) is 12.2 Å². The van der Waals surface area contributed by atoms with Gasteiger partial charge in [0, 0.05) is 6.42 Å². The van der Waals surface area contributed by atoms with Crippen LogP contribution >= 0.6 is 0 Å². The van der Waals surface area contributed by atoms with Gasteiger partial charge in [0.2, 0.25) is 5.91 Å². The minimum absolute atomic E-state index is 0.0810. The lowest BCUT2D eigenvalue weighted by atomic mass is 10.0. The van der Waals surface area contributed by atoms with E-state index in [0.717, 1.165) is 57.8 Å². The van der Waals surface area contributed by atoms with Crippen molar-refractivity contribution in [3.05, 3.63) is 12.2 Å². The molecule has 3 N–H and O–H groups in total. The van der Waals surface area contributed by atoms with Gasteiger partial charge in [-0.25, -0.2) is 0 Å². The number of unbranched alkanes of at least 4 members (excludes halogenated alkanes) is 31. The molecule has 0 saturated carbocycles. The zero-order valence-electron chi connectivity index (χ0n) is 37.8. The quantitative estimate of drug-likeness (QED) is 0.0324. The maximum atomic E-state index is 13.2. The summed E-state index contributed by atoms with van der Waals surface area (Å²) in [5, 5.41) is 23.7. The molecule has 0 bridgehead atoms. The summed E-state index contributed by atoms with van der Waals surface area (Å²) < 4.78 is 5.91. The van der Waals surface area contributed by atoms with E-state index < -0.39 is 18.2 Å². The number of rotatable bonds is 45. The van der Waals surface area contributed by atoms with Crippen LogP contribution in [0.3, 0.4) is 0 Å². The molecule has 0 heterocycles. The number of carbonyl (C=O) groups is 2. The molecule has 0 fully saturated rings. The fourth-order valence-corrected chi connectivity index (χ4v) is 7.79. The number of nitrogens with one attached hydrogen (secondary N) is 1. The van der Waals surface area contributed by atoms with E-state index in [1.165, 1.54) is 167 Å². The van der Waals surface area contributed by atoms with Gasteiger partial charge in [0.05, 0.1) is 25.2 Å². The summed E-state index contributed by atoms with van der Waals surface area (Å²) in [7, 11) is 0. The van der Waals surface area contributed by atoms with Crippen LogP contribution in [0.1, 0.15) is 271 Å². The molecule has 0 aliphatic carbocycles. The molecule has 3 atom stereocenters. The van der Waals surface area contributed by atoms with Crippen molar-refractivity contribution < 1.29 is 24.5 Å². The van der Waals surface area contributed by atoms with E-state index in [1.807, 2.05) is 0 Å². The molecule has 0 aromatic rings. The zero-order chi connectivity index (χ0) is 41.0. The van der Waals surface area contributed by atoms with Gasteiger partial charge >= 0.3 is 5.97 Å². The number of aliphatic hydroxyl groups excluding tert-OH is 2. The highest BCUT2D eigenvalue weighted by atomic mass is 16.5. The molecule has 332 valence electrons. The van der Waals surface area contributed by atoms with E-state index in [-0.39, 0.29) is 24.9 Å². The number of carbonyl (C=O) groups excluding carboxylic acids is 2. The normalized spacial score (nSPS) is 13.3. The van der Waals surface area contributed by atoms with Crippen molar-refractivity contribution in [3.8, 4) is 0 Å². The summed E-state index contributed by atoms with van der Waals surface area (Å²) in [4.78, 5) is 26.0. The zero-order valence-corrected chi connectivity index (χ0v) is 37.8. The predicted molar refractivity (Wildman–Crippen MR) is 241 cm³/mol.